The number of allylic oxidation sites excluding steroid dienone is 1. The Labute approximate surface area is 155 Å². The van der Waals surface area contributed by atoms with E-state index in [0.29, 0.717) is 11.7 Å². The van der Waals surface area contributed by atoms with E-state index in [1.54, 1.807) is 6.92 Å². The average molecular weight is 363 g/mol. The molecule has 3 aliphatic carbocycles. The fraction of sp³-hybridized carbons (Fsp3) is 0.864. The minimum absolute atomic E-state index is 0.0231. The predicted molar refractivity (Wildman–Crippen MR) is 107 cm³/mol. The largest absolute Gasteiger partial charge is 0.410 e. The monoisotopic (exact) mass is 362 g/mol. The van der Waals surface area contributed by atoms with Crippen molar-refractivity contribution in [3.63, 3.8) is 0 Å². The summed E-state index contributed by atoms with van der Waals surface area (Å²) in [6, 6.07) is 0. The van der Waals surface area contributed by atoms with Crippen molar-refractivity contribution in [3.8, 4) is 0 Å². The molecule has 0 aromatic heterocycles. The number of rotatable bonds is 3. The minimum Gasteiger partial charge on any atom is -0.410 e. The summed E-state index contributed by atoms with van der Waals surface area (Å²) in [6.07, 6.45) is 9.47. The quantitative estimate of drug-likeness (QED) is 0.542. The summed E-state index contributed by atoms with van der Waals surface area (Å²) in [7, 11) is -1.87. The summed E-state index contributed by atoms with van der Waals surface area (Å²) in [4.78, 5) is 12.4. The maximum Gasteiger partial charge on any atom is 0.192 e. The molecule has 0 aromatic carbocycles. The number of fused-ring (bicyclic) bond motifs is 3. The normalized spacial score (nSPS) is 36.2. The third-order valence-corrected chi connectivity index (χ3v) is 12.6. The van der Waals surface area contributed by atoms with Crippen molar-refractivity contribution in [2.45, 2.75) is 110 Å². The standard InChI is InChI=1S/C22H38O2Si/c1-16(23)18-15-21(5)13-10-14-22(21,19-12-9-8-11-17(18)19)24-25(6,7)20(2,3)4/h19H,8-15H2,1-7H3/t19-,21-,22-/m0/s1. The Morgan fingerprint density at radius 3 is 2.44 bits per heavy atom. The van der Waals surface area contributed by atoms with Crippen LogP contribution < -0.4 is 0 Å². The Hall–Kier alpha value is -0.413. The summed E-state index contributed by atoms with van der Waals surface area (Å²) in [5.74, 6) is 0.798. The van der Waals surface area contributed by atoms with Crippen LogP contribution in [0.25, 0.3) is 0 Å². The third-order valence-electron chi connectivity index (χ3n) is 8.09. The molecule has 25 heavy (non-hydrogen) atoms. The zero-order chi connectivity index (χ0) is 18.7. The minimum atomic E-state index is -1.87. The van der Waals surface area contributed by atoms with Gasteiger partial charge in [0.2, 0.25) is 0 Å². The zero-order valence-electron chi connectivity index (χ0n) is 17.6. The molecule has 3 atom stereocenters. The topological polar surface area (TPSA) is 26.3 Å². The average Bonchev–Trinajstić information content (AvgIpc) is 2.82. The molecule has 0 unspecified atom stereocenters. The Kier molecular flexibility index (Phi) is 4.69. The highest BCUT2D eigenvalue weighted by molar-refractivity contribution is 6.74. The van der Waals surface area contributed by atoms with Crippen molar-refractivity contribution in [3.05, 3.63) is 11.1 Å². The van der Waals surface area contributed by atoms with E-state index in [2.05, 4.69) is 40.8 Å². The number of carbonyl (C=O) groups excluding carboxylic acids is 1. The van der Waals surface area contributed by atoms with Gasteiger partial charge in [-0.25, -0.2) is 0 Å². The summed E-state index contributed by atoms with van der Waals surface area (Å²) in [5, 5.41) is 0.227. The highest BCUT2D eigenvalue weighted by atomic mass is 28.4. The summed E-state index contributed by atoms with van der Waals surface area (Å²) in [5.41, 5.74) is 2.76. The highest BCUT2D eigenvalue weighted by Gasteiger charge is 2.63. The molecule has 142 valence electrons. The first-order chi connectivity index (χ1) is 11.4. The van der Waals surface area contributed by atoms with Crippen molar-refractivity contribution < 1.29 is 9.22 Å². The molecule has 0 heterocycles. The van der Waals surface area contributed by atoms with Crippen LogP contribution in [0.15, 0.2) is 11.1 Å². The Morgan fingerprint density at radius 2 is 1.84 bits per heavy atom. The lowest BCUT2D eigenvalue weighted by Crippen LogP contribution is -2.61. The molecule has 0 amide bonds. The van der Waals surface area contributed by atoms with Gasteiger partial charge in [-0.05, 0) is 75.6 Å². The van der Waals surface area contributed by atoms with E-state index in [1.807, 2.05) is 0 Å². The second kappa shape index (κ2) is 6.05. The molecule has 3 heteroatoms. The molecular formula is C22H38O2Si. The van der Waals surface area contributed by atoms with Crippen molar-refractivity contribution in [1.29, 1.82) is 0 Å². The van der Waals surface area contributed by atoms with Gasteiger partial charge in [-0.1, -0.05) is 39.7 Å². The molecule has 0 radical (unpaired) electrons. The number of hydrogen-bond donors (Lipinski definition) is 0. The van der Waals surface area contributed by atoms with Crippen molar-refractivity contribution >= 4 is 14.1 Å². The SMILES string of the molecule is CC(=O)C1=C2CCCC[C@@H]2[C@@]2(O[Si](C)(C)C(C)(C)C)CCC[C@@]2(C)C1. The van der Waals surface area contributed by atoms with Crippen LogP contribution in [0.1, 0.15) is 86.0 Å². The van der Waals surface area contributed by atoms with Crippen molar-refractivity contribution in [2.75, 3.05) is 0 Å². The van der Waals surface area contributed by atoms with E-state index in [4.69, 9.17) is 4.43 Å². The predicted octanol–water partition coefficient (Wildman–Crippen LogP) is 6.42. The lowest BCUT2D eigenvalue weighted by molar-refractivity contribution is -0.117. The Bertz CT molecular complexity index is 598. The van der Waals surface area contributed by atoms with Crippen LogP contribution in [-0.2, 0) is 9.22 Å². The van der Waals surface area contributed by atoms with Gasteiger partial charge < -0.3 is 4.43 Å². The van der Waals surface area contributed by atoms with Gasteiger partial charge >= 0.3 is 0 Å². The molecule has 0 spiro atoms. The number of Topliss-reactive ketones (excluding diaryl/α,β-unsaturated/α-hetero) is 1. The van der Waals surface area contributed by atoms with Crippen LogP contribution in [0.2, 0.25) is 18.1 Å². The molecule has 2 nitrogen and oxygen atoms in total. The number of hydrogen-bond acceptors (Lipinski definition) is 2. The Morgan fingerprint density at radius 1 is 1.16 bits per heavy atom. The van der Waals surface area contributed by atoms with E-state index in [0.717, 1.165) is 12.8 Å². The molecule has 3 aliphatic rings. The lowest BCUT2D eigenvalue weighted by Gasteiger charge is -2.58. The molecule has 0 aliphatic heterocycles. The molecule has 2 fully saturated rings. The van der Waals surface area contributed by atoms with Crippen LogP contribution in [0.4, 0.5) is 0 Å². The molecule has 0 saturated heterocycles. The fourth-order valence-electron chi connectivity index (χ4n) is 5.68. The maximum atomic E-state index is 12.4. The first kappa shape index (κ1) is 19.4. The van der Waals surface area contributed by atoms with E-state index in [1.165, 1.54) is 49.7 Å². The second-order valence-electron chi connectivity index (χ2n) is 10.7. The first-order valence-electron chi connectivity index (χ1n) is 10.4. The van der Waals surface area contributed by atoms with Gasteiger partial charge in [-0.15, -0.1) is 0 Å². The van der Waals surface area contributed by atoms with Crippen LogP contribution >= 0.6 is 0 Å². The van der Waals surface area contributed by atoms with Crippen LogP contribution in [-0.4, -0.2) is 19.7 Å². The molecule has 0 N–H and O–H groups in total. The van der Waals surface area contributed by atoms with Gasteiger partial charge in [0.1, 0.15) is 0 Å². The van der Waals surface area contributed by atoms with Crippen LogP contribution in [0, 0.1) is 11.3 Å². The summed E-state index contributed by atoms with van der Waals surface area (Å²) < 4.78 is 7.35. The van der Waals surface area contributed by atoms with Crippen molar-refractivity contribution in [1.82, 2.24) is 0 Å². The van der Waals surface area contributed by atoms with Crippen molar-refractivity contribution in [2.24, 2.45) is 11.3 Å². The van der Waals surface area contributed by atoms with E-state index in [9.17, 15) is 4.79 Å². The molecule has 3 rings (SSSR count). The third kappa shape index (κ3) is 2.90. The Balaban J connectivity index is 2.11. The first-order valence-corrected chi connectivity index (χ1v) is 13.3. The summed E-state index contributed by atoms with van der Waals surface area (Å²) >= 11 is 0. The van der Waals surface area contributed by atoms with Gasteiger partial charge in [0.25, 0.3) is 0 Å². The second-order valence-corrected chi connectivity index (χ2v) is 15.4. The lowest BCUT2D eigenvalue weighted by atomic mass is 9.56. The van der Waals surface area contributed by atoms with Gasteiger partial charge in [0, 0.05) is 11.3 Å². The molecule has 2 saturated carbocycles. The van der Waals surface area contributed by atoms with E-state index < -0.39 is 8.32 Å². The highest BCUT2D eigenvalue weighted by Crippen LogP contribution is 2.64. The van der Waals surface area contributed by atoms with E-state index in [-0.39, 0.29) is 16.1 Å². The molecule has 0 bridgehead atoms. The van der Waals surface area contributed by atoms with Gasteiger partial charge in [0.15, 0.2) is 14.1 Å². The molecular weight excluding hydrogens is 324 g/mol. The smallest absolute Gasteiger partial charge is 0.192 e. The zero-order valence-corrected chi connectivity index (χ0v) is 18.6. The number of carbonyl (C=O) groups is 1. The van der Waals surface area contributed by atoms with Gasteiger partial charge in [-0.3, -0.25) is 4.79 Å². The van der Waals surface area contributed by atoms with Gasteiger partial charge in [0.05, 0.1) is 5.60 Å². The van der Waals surface area contributed by atoms with Gasteiger partial charge in [-0.2, -0.15) is 0 Å². The summed E-state index contributed by atoms with van der Waals surface area (Å²) in [6.45, 7) is 16.1. The maximum absolute atomic E-state index is 12.4. The molecule has 0 aromatic rings. The number of ketones is 1. The fourth-order valence-corrected chi connectivity index (χ4v) is 7.39. The van der Waals surface area contributed by atoms with Crippen LogP contribution in [0.3, 0.4) is 0 Å². The van der Waals surface area contributed by atoms with Crippen LogP contribution in [0.5, 0.6) is 0 Å². The van der Waals surface area contributed by atoms with E-state index >= 15 is 0 Å².